The third-order valence-corrected chi connectivity index (χ3v) is 22.9. The number of halogens is 6. The Hall–Kier alpha value is -5.91. The summed E-state index contributed by atoms with van der Waals surface area (Å²) in [6.07, 6.45) is 0. The molecule has 1 heterocycles. The van der Waals surface area contributed by atoms with E-state index in [9.17, 15) is 28.8 Å². The zero-order chi connectivity index (χ0) is 72.7. The molecule has 0 spiro atoms. The van der Waals surface area contributed by atoms with Crippen molar-refractivity contribution in [1.82, 2.24) is 0 Å². The Labute approximate surface area is 618 Å². The molecule has 27 nitrogen and oxygen atoms in total. The molecule has 1 aliphatic rings. The lowest BCUT2D eigenvalue weighted by Crippen LogP contribution is -2.16. The van der Waals surface area contributed by atoms with Crippen molar-refractivity contribution in [2.24, 2.45) is 13.5 Å². The molecule has 7 rings (SSSR count). The zero-order valence-corrected chi connectivity index (χ0v) is 61.8. The van der Waals surface area contributed by atoms with E-state index < -0.39 is 54.4 Å². The van der Waals surface area contributed by atoms with Gasteiger partial charge in [-0.2, -0.15) is 0 Å². The summed E-state index contributed by atoms with van der Waals surface area (Å²) in [5.41, 5.74) is 1.79. The van der Waals surface area contributed by atoms with Gasteiger partial charge in [-0.15, -0.1) is 13.5 Å². The highest BCUT2D eigenvalue weighted by Gasteiger charge is 2.43. The van der Waals surface area contributed by atoms with Crippen LogP contribution in [0.5, 0.6) is 34.5 Å². The van der Waals surface area contributed by atoms with Crippen molar-refractivity contribution in [3.8, 4) is 34.5 Å². The number of hydrogen-bond acceptors (Lipinski definition) is 27. The van der Waals surface area contributed by atoms with Crippen molar-refractivity contribution < 1.29 is 113 Å². The fourth-order valence-corrected chi connectivity index (χ4v) is 18.4. The molecule has 6 aromatic carbocycles. The van der Waals surface area contributed by atoms with Crippen LogP contribution in [0.25, 0.3) is 0 Å². The topological polar surface area (TPSA) is 306 Å². The van der Waals surface area contributed by atoms with Gasteiger partial charge in [0.05, 0.1) is 119 Å². The predicted octanol–water partition coefficient (Wildman–Crippen LogP) is 14.8. The van der Waals surface area contributed by atoms with Gasteiger partial charge >= 0.3 is 23.0 Å². The maximum atomic E-state index is 11.7. The maximum absolute atomic E-state index is 11.7. The van der Waals surface area contributed by atoms with Crippen molar-refractivity contribution in [2.75, 3.05) is 159 Å². The Bertz CT molecular complexity index is 3150. The van der Waals surface area contributed by atoms with Gasteiger partial charge in [-0.05, 0) is 215 Å². The molecule has 36 heteroatoms. The van der Waals surface area contributed by atoms with Crippen LogP contribution in [-0.2, 0) is 55.6 Å². The van der Waals surface area contributed by atoms with E-state index in [4.69, 9.17) is 167 Å². The van der Waals surface area contributed by atoms with E-state index in [1.165, 1.54) is 72.8 Å². The molecule has 0 saturated carbocycles. The minimum atomic E-state index is -4.21. The van der Waals surface area contributed by atoms with Crippen molar-refractivity contribution in [3.05, 3.63) is 179 Å². The molecular formula is C66H72Cl6N3O24P3. The van der Waals surface area contributed by atoms with E-state index in [1.807, 2.05) is 0 Å². The van der Waals surface area contributed by atoms with Crippen LogP contribution in [0.3, 0.4) is 0 Å². The maximum Gasteiger partial charge on any atom is 0.349 e. The minimum Gasteiger partial charge on any atom is -0.491 e. The lowest BCUT2D eigenvalue weighted by molar-refractivity contribution is 0.0574. The normalized spacial score (nSPS) is 13.4. The molecule has 0 aromatic heterocycles. The van der Waals surface area contributed by atoms with Crippen LogP contribution >= 0.6 is 92.6 Å². The van der Waals surface area contributed by atoms with Crippen LogP contribution < -0.4 is 28.4 Å². The number of rotatable bonds is 54. The van der Waals surface area contributed by atoms with Gasteiger partial charge in [-0.1, -0.05) is 0 Å². The number of carbonyl (C=O) groups excluding carboxylic acids is 6. The molecule has 0 N–H and O–H groups in total. The average molecular weight is 1600 g/mol. The van der Waals surface area contributed by atoms with E-state index in [1.54, 1.807) is 72.8 Å². The van der Waals surface area contributed by atoms with Crippen molar-refractivity contribution in [3.63, 3.8) is 0 Å². The van der Waals surface area contributed by atoms with Gasteiger partial charge < -0.3 is 84.0 Å². The Morgan fingerprint density at radius 2 is 0.333 bits per heavy atom. The molecule has 0 unspecified atom stereocenters. The van der Waals surface area contributed by atoms with Gasteiger partial charge in [0.1, 0.15) is 74.1 Å². The lowest BCUT2D eigenvalue weighted by atomic mass is 10.2. The summed E-state index contributed by atoms with van der Waals surface area (Å²) in [4.78, 5) is 69.9. The third kappa shape index (κ3) is 31.0. The second-order valence-electron chi connectivity index (χ2n) is 20.3. The summed E-state index contributed by atoms with van der Waals surface area (Å²) in [5, 5.41) is -3.68. The first-order valence-corrected chi connectivity index (χ1v) is 38.1. The fourth-order valence-electron chi connectivity index (χ4n) is 8.21. The largest absolute Gasteiger partial charge is 0.491 e. The molecule has 0 aliphatic carbocycles. The Morgan fingerprint density at radius 3 is 0.461 bits per heavy atom. The van der Waals surface area contributed by atoms with Crippen LogP contribution in [0.1, 0.15) is 62.1 Å². The van der Waals surface area contributed by atoms with Gasteiger partial charge in [0, 0.05) is 33.4 Å². The molecule has 0 bridgehead atoms. The van der Waals surface area contributed by atoms with E-state index in [2.05, 4.69) is 0 Å². The van der Waals surface area contributed by atoms with E-state index in [0.717, 1.165) is 0 Å². The second-order valence-corrected chi connectivity index (χ2v) is 29.0. The molecule has 0 atom stereocenters. The van der Waals surface area contributed by atoms with Crippen LogP contribution in [0.4, 0.5) is 0 Å². The SMILES string of the molecule is O=C(Cl)c1ccc(OCCOCCOP2(OCCOCCOc3ccc(C(=O)Cl)cc3)=NP(OCCOCCOc3ccc(C(=O)Cl)cc3)(OCCOCCOc3ccc(C(=O)Cl)cc3)=NP(OCCOCCOc3ccc(C(=O)Cl)cc3)(OCCOCCOc3ccc(C(=O)Cl)cc3)=N2)cc1. The van der Waals surface area contributed by atoms with E-state index in [0.29, 0.717) is 67.9 Å². The van der Waals surface area contributed by atoms with Crippen LogP contribution in [0.2, 0.25) is 0 Å². The van der Waals surface area contributed by atoms with Crippen molar-refractivity contribution in [1.29, 1.82) is 0 Å². The summed E-state index contributed by atoms with van der Waals surface area (Å²) < 4.78 is 126. The van der Waals surface area contributed by atoms with Gasteiger partial charge in [-0.25, -0.2) is 0 Å². The quantitative estimate of drug-likeness (QED) is 0.0195. The molecule has 0 fully saturated rings. The smallest absolute Gasteiger partial charge is 0.349 e. The molecule has 1 aliphatic heterocycles. The van der Waals surface area contributed by atoms with Crippen LogP contribution in [-0.4, -0.2) is 190 Å². The highest BCUT2D eigenvalue weighted by Crippen LogP contribution is 2.80. The van der Waals surface area contributed by atoms with Crippen LogP contribution in [0.15, 0.2) is 159 Å². The number of nitrogens with zero attached hydrogens (tertiary/aromatic N) is 3. The number of benzene rings is 6. The summed E-state index contributed by atoms with van der Waals surface area (Å²) in [6.45, 7) is -0.767. The van der Waals surface area contributed by atoms with Gasteiger partial charge in [0.15, 0.2) is 0 Å². The molecular weight excluding hydrogens is 1520 g/mol. The highest BCUT2D eigenvalue weighted by molar-refractivity contribution is 7.78. The zero-order valence-electron chi connectivity index (χ0n) is 54.6. The van der Waals surface area contributed by atoms with Gasteiger partial charge in [0.2, 0.25) is 0 Å². The molecule has 0 amide bonds. The van der Waals surface area contributed by atoms with Crippen LogP contribution in [0, 0.1) is 0 Å². The first-order valence-electron chi connectivity index (χ1n) is 31.2. The average Bonchev–Trinajstić information content (AvgIpc) is 0.746. The number of carbonyl (C=O) groups is 6. The summed E-state index contributed by atoms with van der Waals surface area (Å²) >= 11 is 33.8. The fraction of sp³-hybridized carbons (Fsp3) is 0.364. The molecule has 552 valence electrons. The Morgan fingerprint density at radius 1 is 0.206 bits per heavy atom. The lowest BCUT2D eigenvalue weighted by Gasteiger charge is -2.33. The molecule has 0 radical (unpaired) electrons. The molecule has 0 saturated heterocycles. The van der Waals surface area contributed by atoms with Gasteiger partial charge in [0.25, 0.3) is 31.5 Å². The van der Waals surface area contributed by atoms with Crippen molar-refractivity contribution >= 4 is 124 Å². The van der Waals surface area contributed by atoms with E-state index in [-0.39, 0.29) is 159 Å². The predicted molar refractivity (Wildman–Crippen MR) is 381 cm³/mol. The summed E-state index contributed by atoms with van der Waals surface area (Å²) in [5.74, 6) is 2.78. The Kier molecular flexibility index (Phi) is 37.7. The summed E-state index contributed by atoms with van der Waals surface area (Å²) in [6, 6.07) is 37.6. The van der Waals surface area contributed by atoms with Gasteiger partial charge in [-0.3, -0.25) is 28.8 Å². The van der Waals surface area contributed by atoms with E-state index >= 15 is 0 Å². The third-order valence-electron chi connectivity index (χ3n) is 13.1. The molecule has 102 heavy (non-hydrogen) atoms. The summed E-state index contributed by atoms with van der Waals surface area (Å²) in [7, 11) is -12.6. The second kappa shape index (κ2) is 46.1. The first kappa shape index (κ1) is 83.4. The molecule has 6 aromatic rings. The standard InChI is InChI=1S/C66H72Cl6N3O24P3/c67-61(76)49-1-13-55(14-2-49)88-37-25-82-31-43-94-100(95-44-32-83-26-38-89-56-15-3-50(4-16-56)62(68)77)73-101(96-45-33-84-27-39-90-57-17-5-51(6-18-57)63(69)78,97-46-34-85-28-40-91-58-19-7-52(8-20-58)64(70)79)75-102(74-100,98-47-35-86-29-41-92-59-21-9-53(10-22-59)65(71)80)99-48-36-87-30-42-93-60-23-11-54(12-24-60)66(72)81/h1-24H,25-48H2. The minimum absolute atomic E-state index is 0.0733. The number of hydrogen-bond donors (Lipinski definition) is 0. The monoisotopic (exact) mass is 1590 g/mol. The number of ether oxygens (including phenoxy) is 12. The Balaban J connectivity index is 1.17. The highest BCUT2D eigenvalue weighted by atomic mass is 35.5. The van der Waals surface area contributed by atoms with Crippen molar-refractivity contribution in [2.45, 2.75) is 0 Å². The first-order chi connectivity index (χ1) is 49.4.